The summed E-state index contributed by atoms with van der Waals surface area (Å²) >= 11 is 6.17. The van der Waals surface area contributed by atoms with Crippen LogP contribution >= 0.6 is 11.6 Å². The van der Waals surface area contributed by atoms with Crippen molar-refractivity contribution in [2.75, 3.05) is 19.7 Å². The van der Waals surface area contributed by atoms with E-state index in [-0.39, 0.29) is 0 Å². The van der Waals surface area contributed by atoms with Gasteiger partial charge in [0.1, 0.15) is 11.6 Å². The van der Waals surface area contributed by atoms with Crippen LogP contribution in [0.1, 0.15) is 38.1 Å². The summed E-state index contributed by atoms with van der Waals surface area (Å²) in [5, 5.41) is 0.661. The Morgan fingerprint density at radius 2 is 1.81 bits per heavy atom. The highest BCUT2D eigenvalue weighted by atomic mass is 35.5. The quantitative estimate of drug-likeness (QED) is 0.517. The van der Waals surface area contributed by atoms with Crippen LogP contribution in [0.3, 0.4) is 0 Å². The van der Waals surface area contributed by atoms with E-state index in [2.05, 4.69) is 40.7 Å². The molecule has 1 aromatic heterocycles. The number of para-hydroxylation sites is 3. The standard InChI is InChI=1S/C22H26ClN3O/c1-17(25-13-6-7-14-25)22-24-19-10-3-4-11-20(19)26(22)15-8-16-27-21-12-5-2-9-18(21)23/h2-5,9-12,17H,6-8,13-16H2,1H3. The molecule has 1 saturated heterocycles. The average Bonchev–Trinajstić information content (AvgIpc) is 3.34. The zero-order valence-electron chi connectivity index (χ0n) is 15.8. The number of fused-ring (bicyclic) bond motifs is 1. The smallest absolute Gasteiger partial charge is 0.137 e. The first-order valence-corrected chi connectivity index (χ1v) is 10.2. The van der Waals surface area contributed by atoms with E-state index in [1.165, 1.54) is 31.4 Å². The van der Waals surface area contributed by atoms with Crippen molar-refractivity contribution in [1.82, 2.24) is 14.5 Å². The van der Waals surface area contributed by atoms with Crippen LogP contribution < -0.4 is 4.74 Å². The number of halogens is 1. The van der Waals surface area contributed by atoms with Crippen LogP contribution in [-0.4, -0.2) is 34.1 Å². The monoisotopic (exact) mass is 383 g/mol. The summed E-state index contributed by atoms with van der Waals surface area (Å²) in [5.74, 6) is 1.91. The van der Waals surface area contributed by atoms with Gasteiger partial charge in [0, 0.05) is 6.54 Å². The summed E-state index contributed by atoms with van der Waals surface area (Å²) in [6.45, 7) is 6.13. The minimum absolute atomic E-state index is 0.337. The molecule has 0 radical (unpaired) electrons. The van der Waals surface area contributed by atoms with Crippen LogP contribution in [0.25, 0.3) is 11.0 Å². The maximum atomic E-state index is 6.17. The van der Waals surface area contributed by atoms with Gasteiger partial charge in [-0.25, -0.2) is 4.98 Å². The van der Waals surface area contributed by atoms with Gasteiger partial charge in [-0.2, -0.15) is 0 Å². The molecule has 5 heteroatoms. The van der Waals surface area contributed by atoms with Gasteiger partial charge in [-0.1, -0.05) is 35.9 Å². The van der Waals surface area contributed by atoms with Crippen molar-refractivity contribution >= 4 is 22.6 Å². The molecule has 1 atom stereocenters. The van der Waals surface area contributed by atoms with Crippen LogP contribution in [0.2, 0.25) is 5.02 Å². The van der Waals surface area contributed by atoms with Gasteiger partial charge in [-0.3, -0.25) is 4.90 Å². The minimum Gasteiger partial charge on any atom is -0.492 e. The van der Waals surface area contributed by atoms with Crippen molar-refractivity contribution in [1.29, 1.82) is 0 Å². The van der Waals surface area contributed by atoms with Crippen LogP contribution in [-0.2, 0) is 6.54 Å². The summed E-state index contributed by atoms with van der Waals surface area (Å²) in [4.78, 5) is 7.51. The lowest BCUT2D eigenvalue weighted by Gasteiger charge is -2.24. The summed E-state index contributed by atoms with van der Waals surface area (Å²) in [6, 6.07) is 16.4. The number of rotatable bonds is 7. The van der Waals surface area contributed by atoms with E-state index in [4.69, 9.17) is 21.3 Å². The molecule has 142 valence electrons. The Labute approximate surface area is 165 Å². The van der Waals surface area contributed by atoms with E-state index < -0.39 is 0 Å². The molecule has 4 rings (SSSR count). The number of hydrogen-bond acceptors (Lipinski definition) is 3. The predicted molar refractivity (Wildman–Crippen MR) is 111 cm³/mol. The molecule has 1 aliphatic heterocycles. The zero-order chi connectivity index (χ0) is 18.6. The number of aryl methyl sites for hydroxylation is 1. The third kappa shape index (κ3) is 3.97. The molecule has 3 aromatic rings. The third-order valence-electron chi connectivity index (χ3n) is 5.37. The fourth-order valence-electron chi connectivity index (χ4n) is 3.91. The number of benzene rings is 2. The molecule has 1 aliphatic rings. The Kier molecular flexibility index (Phi) is 5.65. The lowest BCUT2D eigenvalue weighted by molar-refractivity contribution is 0.245. The SMILES string of the molecule is CC(c1nc2ccccc2n1CCCOc1ccccc1Cl)N1CCCC1. The second-order valence-electron chi connectivity index (χ2n) is 7.16. The van der Waals surface area contributed by atoms with Crippen LogP contribution in [0, 0.1) is 0 Å². The average molecular weight is 384 g/mol. The molecule has 4 nitrogen and oxygen atoms in total. The van der Waals surface area contributed by atoms with Crippen molar-refractivity contribution in [3.63, 3.8) is 0 Å². The number of ether oxygens (including phenoxy) is 1. The molecule has 0 spiro atoms. The van der Waals surface area contributed by atoms with Crippen molar-refractivity contribution in [3.05, 3.63) is 59.4 Å². The molecule has 2 aromatic carbocycles. The predicted octanol–water partition coefficient (Wildman–Crippen LogP) is 5.32. The van der Waals surface area contributed by atoms with Gasteiger partial charge in [0.05, 0.1) is 28.7 Å². The number of hydrogen-bond donors (Lipinski definition) is 0. The lowest BCUT2D eigenvalue weighted by atomic mass is 10.2. The molecule has 1 unspecified atom stereocenters. The largest absolute Gasteiger partial charge is 0.492 e. The van der Waals surface area contributed by atoms with Crippen molar-refractivity contribution in [2.45, 2.75) is 38.8 Å². The Hall–Kier alpha value is -2.04. The molecule has 0 amide bonds. The molecule has 27 heavy (non-hydrogen) atoms. The third-order valence-corrected chi connectivity index (χ3v) is 5.68. The fourth-order valence-corrected chi connectivity index (χ4v) is 4.10. The molecular formula is C22H26ClN3O. The molecule has 0 bridgehead atoms. The topological polar surface area (TPSA) is 30.3 Å². The molecule has 2 heterocycles. The first kappa shape index (κ1) is 18.3. The van der Waals surface area contributed by atoms with Crippen molar-refractivity contribution in [2.24, 2.45) is 0 Å². The number of imidazole rings is 1. The van der Waals surface area contributed by atoms with Crippen molar-refractivity contribution in [3.8, 4) is 5.75 Å². The number of nitrogens with zero attached hydrogens (tertiary/aromatic N) is 3. The first-order chi connectivity index (χ1) is 13.2. The minimum atomic E-state index is 0.337. The molecule has 0 aliphatic carbocycles. The van der Waals surface area contributed by atoms with Gasteiger partial charge in [0.25, 0.3) is 0 Å². The van der Waals surface area contributed by atoms with Gasteiger partial charge in [0.2, 0.25) is 0 Å². The first-order valence-electron chi connectivity index (χ1n) is 9.80. The van der Waals surface area contributed by atoms with E-state index in [0.717, 1.165) is 30.1 Å². The highest BCUT2D eigenvalue weighted by Gasteiger charge is 2.24. The molecular weight excluding hydrogens is 358 g/mol. The summed E-state index contributed by atoms with van der Waals surface area (Å²) < 4.78 is 8.24. The van der Waals surface area contributed by atoms with Gasteiger partial charge in [-0.05, 0) is 63.5 Å². The highest BCUT2D eigenvalue weighted by molar-refractivity contribution is 6.32. The summed E-state index contributed by atoms with van der Waals surface area (Å²) in [7, 11) is 0. The molecule has 0 N–H and O–H groups in total. The second kappa shape index (κ2) is 8.32. The van der Waals surface area contributed by atoms with Gasteiger partial charge in [0.15, 0.2) is 0 Å². The van der Waals surface area contributed by atoms with E-state index in [9.17, 15) is 0 Å². The van der Waals surface area contributed by atoms with Crippen LogP contribution in [0.4, 0.5) is 0 Å². The van der Waals surface area contributed by atoms with Crippen molar-refractivity contribution < 1.29 is 4.74 Å². The maximum Gasteiger partial charge on any atom is 0.137 e. The normalized spacial score (nSPS) is 16.1. The zero-order valence-corrected chi connectivity index (χ0v) is 16.5. The van der Waals surface area contributed by atoms with Gasteiger partial charge < -0.3 is 9.30 Å². The van der Waals surface area contributed by atoms with Gasteiger partial charge in [-0.15, -0.1) is 0 Å². The van der Waals surface area contributed by atoms with E-state index in [0.29, 0.717) is 17.7 Å². The number of aromatic nitrogens is 2. The summed E-state index contributed by atoms with van der Waals surface area (Å²) in [5.41, 5.74) is 2.28. The van der Waals surface area contributed by atoms with E-state index >= 15 is 0 Å². The Balaban J connectivity index is 1.49. The Morgan fingerprint density at radius 1 is 1.07 bits per heavy atom. The van der Waals surface area contributed by atoms with Crippen LogP contribution in [0.5, 0.6) is 5.75 Å². The number of likely N-dealkylation sites (tertiary alicyclic amines) is 1. The Morgan fingerprint density at radius 3 is 2.63 bits per heavy atom. The van der Waals surface area contributed by atoms with E-state index in [1.807, 2.05) is 24.3 Å². The molecule has 0 saturated carbocycles. The molecule has 1 fully saturated rings. The maximum absolute atomic E-state index is 6.17. The highest BCUT2D eigenvalue weighted by Crippen LogP contribution is 2.28. The summed E-state index contributed by atoms with van der Waals surface area (Å²) in [6.07, 6.45) is 3.48. The lowest BCUT2D eigenvalue weighted by Crippen LogP contribution is -2.26. The van der Waals surface area contributed by atoms with Crippen LogP contribution in [0.15, 0.2) is 48.5 Å². The fraction of sp³-hybridized carbons (Fsp3) is 0.409. The second-order valence-corrected chi connectivity index (χ2v) is 7.57. The van der Waals surface area contributed by atoms with E-state index in [1.54, 1.807) is 0 Å². The Bertz CT molecular complexity index is 901. The van der Waals surface area contributed by atoms with Gasteiger partial charge >= 0.3 is 0 Å².